The number of hydrogen-bond acceptors (Lipinski definition) is 2. The average molecular weight is 274 g/mol. The minimum absolute atomic E-state index is 0.672. The molecule has 0 radical (unpaired) electrons. The fraction of sp³-hybridized carbons (Fsp3) is 0.556. The molecule has 0 spiro atoms. The summed E-state index contributed by atoms with van der Waals surface area (Å²) < 4.78 is 11.1. The third kappa shape index (κ3) is 4.38. The zero-order valence-electron chi connectivity index (χ0n) is 12.7. The summed E-state index contributed by atoms with van der Waals surface area (Å²) in [6.45, 7) is 7.83. The van der Waals surface area contributed by atoms with Crippen LogP contribution in [0.2, 0.25) is 0 Å². The Labute approximate surface area is 122 Å². The minimum atomic E-state index is 0.672. The lowest BCUT2D eigenvalue weighted by molar-refractivity contribution is 0.101. The molecule has 0 heterocycles. The van der Waals surface area contributed by atoms with E-state index in [1.807, 2.05) is 0 Å². The monoisotopic (exact) mass is 274 g/mol. The zero-order valence-corrected chi connectivity index (χ0v) is 12.7. The van der Waals surface area contributed by atoms with Crippen LogP contribution in [-0.4, -0.2) is 20.3 Å². The highest BCUT2D eigenvalue weighted by Gasteiger charge is 2.21. The second kappa shape index (κ2) is 7.49. The van der Waals surface area contributed by atoms with Gasteiger partial charge in [0, 0.05) is 19.3 Å². The van der Waals surface area contributed by atoms with Crippen LogP contribution in [-0.2, 0) is 9.47 Å². The van der Waals surface area contributed by atoms with Gasteiger partial charge in [-0.3, -0.25) is 0 Å². The smallest absolute Gasteiger partial charge is 0.119 e. The fourth-order valence-electron chi connectivity index (χ4n) is 2.84. The van der Waals surface area contributed by atoms with Crippen LogP contribution in [0.25, 0.3) is 5.76 Å². The second-order valence-electron chi connectivity index (χ2n) is 5.94. The molecular formula is C18H26O2. The molecule has 1 aliphatic rings. The summed E-state index contributed by atoms with van der Waals surface area (Å²) in [7, 11) is 1.79. The molecule has 0 unspecified atom stereocenters. The molecule has 1 aromatic carbocycles. The molecule has 110 valence electrons. The van der Waals surface area contributed by atoms with Crippen molar-refractivity contribution in [1.82, 2.24) is 0 Å². The second-order valence-corrected chi connectivity index (χ2v) is 5.94. The van der Waals surface area contributed by atoms with Crippen molar-refractivity contribution in [2.45, 2.75) is 32.6 Å². The third-order valence-electron chi connectivity index (χ3n) is 4.24. The summed E-state index contributed by atoms with van der Waals surface area (Å²) >= 11 is 0. The van der Waals surface area contributed by atoms with Gasteiger partial charge < -0.3 is 9.47 Å². The van der Waals surface area contributed by atoms with Gasteiger partial charge in [0.25, 0.3) is 0 Å². The molecule has 0 bridgehead atoms. The summed E-state index contributed by atoms with van der Waals surface area (Å²) in [6.07, 6.45) is 5.02. The molecule has 0 saturated heterocycles. The van der Waals surface area contributed by atoms with Crippen LogP contribution in [0.15, 0.2) is 30.8 Å². The summed E-state index contributed by atoms with van der Waals surface area (Å²) in [6, 6.07) is 8.35. The van der Waals surface area contributed by atoms with E-state index in [1.165, 1.54) is 31.2 Å². The first kappa shape index (κ1) is 15.1. The first-order valence-electron chi connectivity index (χ1n) is 7.56. The van der Waals surface area contributed by atoms with Crippen molar-refractivity contribution in [3.63, 3.8) is 0 Å². The SMILES string of the molecule is C=C(OCC1CCC(COC)CC1)c1ccc(C)cc1. The van der Waals surface area contributed by atoms with Gasteiger partial charge in [-0.2, -0.15) is 0 Å². The van der Waals surface area contributed by atoms with E-state index in [0.29, 0.717) is 5.92 Å². The molecule has 1 aliphatic carbocycles. The Morgan fingerprint density at radius 1 is 1.05 bits per heavy atom. The van der Waals surface area contributed by atoms with Gasteiger partial charge in [-0.25, -0.2) is 0 Å². The average Bonchev–Trinajstić information content (AvgIpc) is 2.47. The lowest BCUT2D eigenvalue weighted by Crippen LogP contribution is -2.21. The zero-order chi connectivity index (χ0) is 14.4. The van der Waals surface area contributed by atoms with Gasteiger partial charge in [-0.15, -0.1) is 0 Å². The molecule has 0 amide bonds. The number of aryl methyl sites for hydroxylation is 1. The number of methoxy groups -OCH3 is 1. The van der Waals surface area contributed by atoms with E-state index in [1.54, 1.807) is 7.11 Å². The standard InChI is InChI=1S/C18H26O2/c1-14-4-10-18(11-5-14)15(2)20-13-17-8-6-16(7-9-17)12-19-3/h4-5,10-11,16-17H,2,6-9,12-13H2,1,3H3. The molecule has 0 aromatic heterocycles. The van der Waals surface area contributed by atoms with Crippen molar-refractivity contribution in [1.29, 1.82) is 0 Å². The van der Waals surface area contributed by atoms with Crippen LogP contribution in [0.5, 0.6) is 0 Å². The van der Waals surface area contributed by atoms with Gasteiger partial charge in [0.15, 0.2) is 0 Å². The maximum atomic E-state index is 5.88. The number of ether oxygens (including phenoxy) is 2. The van der Waals surface area contributed by atoms with Crippen molar-refractivity contribution in [2.75, 3.05) is 20.3 Å². The van der Waals surface area contributed by atoms with Gasteiger partial charge in [-0.05, 0) is 44.4 Å². The van der Waals surface area contributed by atoms with E-state index in [9.17, 15) is 0 Å². The van der Waals surface area contributed by atoms with Crippen molar-refractivity contribution >= 4 is 5.76 Å². The molecule has 0 aliphatic heterocycles. The number of hydrogen-bond donors (Lipinski definition) is 0. The van der Waals surface area contributed by atoms with E-state index < -0.39 is 0 Å². The Kier molecular flexibility index (Phi) is 5.66. The molecule has 20 heavy (non-hydrogen) atoms. The predicted octanol–water partition coefficient (Wildman–Crippen LogP) is 4.44. The Balaban J connectivity index is 1.73. The van der Waals surface area contributed by atoms with E-state index in [0.717, 1.165) is 30.5 Å². The summed E-state index contributed by atoms with van der Waals surface area (Å²) in [5.74, 6) is 2.21. The first-order chi connectivity index (χ1) is 9.69. The van der Waals surface area contributed by atoms with Crippen molar-refractivity contribution in [3.05, 3.63) is 42.0 Å². The van der Waals surface area contributed by atoms with Crippen LogP contribution < -0.4 is 0 Å². The highest BCUT2D eigenvalue weighted by atomic mass is 16.5. The maximum absolute atomic E-state index is 5.88. The molecular weight excluding hydrogens is 248 g/mol. The topological polar surface area (TPSA) is 18.5 Å². The van der Waals surface area contributed by atoms with Crippen LogP contribution in [0.3, 0.4) is 0 Å². The molecule has 2 heteroatoms. The predicted molar refractivity (Wildman–Crippen MR) is 83.5 cm³/mol. The van der Waals surface area contributed by atoms with Crippen LogP contribution in [0.4, 0.5) is 0 Å². The fourth-order valence-corrected chi connectivity index (χ4v) is 2.84. The van der Waals surface area contributed by atoms with E-state index in [4.69, 9.17) is 9.47 Å². The van der Waals surface area contributed by atoms with Gasteiger partial charge in [0.2, 0.25) is 0 Å². The van der Waals surface area contributed by atoms with Crippen LogP contribution in [0.1, 0.15) is 36.8 Å². The Hall–Kier alpha value is -1.28. The maximum Gasteiger partial charge on any atom is 0.119 e. The van der Waals surface area contributed by atoms with Gasteiger partial charge >= 0.3 is 0 Å². The molecule has 0 N–H and O–H groups in total. The number of benzene rings is 1. The minimum Gasteiger partial charge on any atom is -0.493 e. The third-order valence-corrected chi connectivity index (χ3v) is 4.24. The summed E-state index contributed by atoms with van der Waals surface area (Å²) in [5.41, 5.74) is 2.35. The molecule has 1 fully saturated rings. The quantitative estimate of drug-likeness (QED) is 0.714. The van der Waals surface area contributed by atoms with E-state index in [-0.39, 0.29) is 0 Å². The lowest BCUT2D eigenvalue weighted by Gasteiger charge is -2.28. The van der Waals surface area contributed by atoms with E-state index in [2.05, 4.69) is 37.8 Å². The number of rotatable bonds is 6. The van der Waals surface area contributed by atoms with Gasteiger partial charge in [0.1, 0.15) is 5.76 Å². The molecule has 1 saturated carbocycles. The van der Waals surface area contributed by atoms with Gasteiger partial charge in [-0.1, -0.05) is 36.4 Å². The Bertz CT molecular complexity index is 414. The first-order valence-corrected chi connectivity index (χ1v) is 7.56. The molecule has 2 rings (SSSR count). The Morgan fingerprint density at radius 2 is 1.60 bits per heavy atom. The molecule has 1 aromatic rings. The highest BCUT2D eigenvalue weighted by molar-refractivity contribution is 5.57. The van der Waals surface area contributed by atoms with Gasteiger partial charge in [0.05, 0.1) is 6.61 Å². The summed E-state index contributed by atoms with van der Waals surface area (Å²) in [4.78, 5) is 0. The molecule has 2 nitrogen and oxygen atoms in total. The summed E-state index contributed by atoms with van der Waals surface area (Å²) in [5, 5.41) is 0. The van der Waals surface area contributed by atoms with Crippen molar-refractivity contribution in [2.24, 2.45) is 11.8 Å². The Morgan fingerprint density at radius 3 is 2.15 bits per heavy atom. The normalized spacial score (nSPS) is 22.5. The van der Waals surface area contributed by atoms with E-state index >= 15 is 0 Å². The van der Waals surface area contributed by atoms with Crippen molar-refractivity contribution < 1.29 is 9.47 Å². The van der Waals surface area contributed by atoms with Crippen LogP contribution >= 0.6 is 0 Å². The van der Waals surface area contributed by atoms with Crippen molar-refractivity contribution in [3.8, 4) is 0 Å². The lowest BCUT2D eigenvalue weighted by atomic mass is 9.83. The molecule has 0 atom stereocenters. The highest BCUT2D eigenvalue weighted by Crippen LogP contribution is 2.30. The van der Waals surface area contributed by atoms with Crippen LogP contribution in [0, 0.1) is 18.8 Å². The largest absolute Gasteiger partial charge is 0.493 e.